The van der Waals surface area contributed by atoms with Gasteiger partial charge in [0, 0.05) is 45.0 Å². The molecule has 1 unspecified atom stereocenters. The monoisotopic (exact) mass is 537 g/mol. The van der Waals surface area contributed by atoms with Gasteiger partial charge in [-0.3, -0.25) is 4.79 Å². The summed E-state index contributed by atoms with van der Waals surface area (Å²) in [7, 11) is 3.46. The average Bonchev–Trinajstić information content (AvgIpc) is 3.33. The second kappa shape index (κ2) is 11.2. The highest BCUT2D eigenvalue weighted by molar-refractivity contribution is 14.0. The van der Waals surface area contributed by atoms with Gasteiger partial charge in [0.05, 0.1) is 5.02 Å². The van der Waals surface area contributed by atoms with E-state index in [1.807, 2.05) is 6.07 Å². The zero-order chi connectivity index (χ0) is 20.1. The molecule has 29 heavy (non-hydrogen) atoms. The van der Waals surface area contributed by atoms with E-state index in [2.05, 4.69) is 20.5 Å². The van der Waals surface area contributed by atoms with Crippen molar-refractivity contribution in [3.05, 3.63) is 29.0 Å². The molecule has 1 atom stereocenters. The van der Waals surface area contributed by atoms with Crippen LogP contribution in [0.4, 0.5) is 10.1 Å². The lowest BCUT2D eigenvalue weighted by atomic mass is 10.2. The maximum absolute atomic E-state index is 13.8. The van der Waals surface area contributed by atoms with Crippen molar-refractivity contribution in [1.82, 2.24) is 15.5 Å². The maximum Gasteiger partial charge on any atom is 0.243 e. The largest absolute Gasteiger partial charge is 0.369 e. The number of likely N-dealkylation sites (N-methyl/N-ethyl adjacent to an activating group) is 1. The lowest BCUT2D eigenvalue weighted by Crippen LogP contribution is -2.48. The fraction of sp³-hybridized carbons (Fsp3) is 0.600. The Morgan fingerprint density at radius 1 is 1.24 bits per heavy atom. The second-order valence-corrected chi connectivity index (χ2v) is 8.16. The van der Waals surface area contributed by atoms with E-state index >= 15 is 0 Å². The predicted molar refractivity (Wildman–Crippen MR) is 127 cm³/mol. The molecule has 3 rings (SSSR count). The molecule has 1 aliphatic carbocycles. The molecule has 162 valence electrons. The van der Waals surface area contributed by atoms with Crippen molar-refractivity contribution in [1.29, 1.82) is 0 Å². The number of aliphatic imine (C=N–C) groups is 1. The van der Waals surface area contributed by atoms with Gasteiger partial charge >= 0.3 is 0 Å². The van der Waals surface area contributed by atoms with E-state index in [0.717, 1.165) is 38.0 Å². The van der Waals surface area contributed by atoms with Gasteiger partial charge in [0.2, 0.25) is 5.91 Å². The summed E-state index contributed by atoms with van der Waals surface area (Å²) in [6, 6.07) is 5.50. The highest BCUT2D eigenvalue weighted by Crippen LogP contribution is 2.25. The lowest BCUT2D eigenvalue weighted by molar-refractivity contribution is -0.127. The van der Waals surface area contributed by atoms with Gasteiger partial charge in [-0.2, -0.15) is 0 Å². The number of carbonyl (C=O) groups excluding carboxylic acids is 1. The summed E-state index contributed by atoms with van der Waals surface area (Å²) in [6.45, 7) is 1.69. The minimum atomic E-state index is -0.400. The first kappa shape index (κ1) is 24.0. The van der Waals surface area contributed by atoms with Gasteiger partial charge in [-0.1, -0.05) is 24.4 Å². The Balaban J connectivity index is 0.00000300. The number of nitrogens with zero attached hydrogens (tertiary/aromatic N) is 3. The van der Waals surface area contributed by atoms with Gasteiger partial charge < -0.3 is 20.4 Å². The van der Waals surface area contributed by atoms with Crippen molar-refractivity contribution in [3.63, 3.8) is 0 Å². The van der Waals surface area contributed by atoms with Gasteiger partial charge in [0.15, 0.2) is 5.96 Å². The fourth-order valence-corrected chi connectivity index (χ4v) is 3.79. The zero-order valence-corrected chi connectivity index (χ0v) is 20.0. The molecular formula is C20H30ClFIN5O. The standard InChI is InChI=1S/C20H29ClFN5O.HI/c1-26(2)19(28)12-23-20(24-14-5-3-4-6-14)25-15-9-10-27(13-15)16-7-8-17(21)18(22)11-16;/h7-8,11,14-15H,3-6,9-10,12-13H2,1-2H3,(H2,23,24,25);1H. The third-order valence-electron chi connectivity index (χ3n) is 5.36. The van der Waals surface area contributed by atoms with Gasteiger partial charge in [0.25, 0.3) is 0 Å². The van der Waals surface area contributed by atoms with E-state index in [1.165, 1.54) is 18.9 Å². The molecule has 1 aliphatic heterocycles. The molecule has 6 nitrogen and oxygen atoms in total. The number of halogens is 3. The summed E-state index contributed by atoms with van der Waals surface area (Å²) in [4.78, 5) is 20.1. The summed E-state index contributed by atoms with van der Waals surface area (Å²) >= 11 is 5.79. The Morgan fingerprint density at radius 3 is 2.59 bits per heavy atom. The normalized spacial score (nSPS) is 19.8. The summed E-state index contributed by atoms with van der Waals surface area (Å²) in [6.07, 6.45) is 5.62. The third-order valence-corrected chi connectivity index (χ3v) is 5.67. The molecule has 1 saturated heterocycles. The minimum absolute atomic E-state index is 0. The Kier molecular flexibility index (Phi) is 9.26. The first-order valence-corrected chi connectivity index (χ1v) is 10.3. The maximum atomic E-state index is 13.8. The number of anilines is 1. The van der Waals surface area contributed by atoms with Gasteiger partial charge in [-0.25, -0.2) is 9.38 Å². The van der Waals surface area contributed by atoms with E-state index in [4.69, 9.17) is 11.6 Å². The molecule has 1 heterocycles. The Bertz CT molecular complexity index is 727. The Morgan fingerprint density at radius 2 is 1.93 bits per heavy atom. The van der Waals surface area contributed by atoms with E-state index in [-0.39, 0.29) is 47.5 Å². The molecule has 1 amide bonds. The Labute approximate surface area is 194 Å². The molecule has 1 aromatic carbocycles. The first-order valence-electron chi connectivity index (χ1n) is 9.90. The van der Waals surface area contributed by atoms with Crippen LogP contribution in [0.2, 0.25) is 5.02 Å². The van der Waals surface area contributed by atoms with Crippen LogP contribution >= 0.6 is 35.6 Å². The highest BCUT2D eigenvalue weighted by Gasteiger charge is 2.25. The molecule has 1 aromatic rings. The van der Waals surface area contributed by atoms with Crippen molar-refractivity contribution < 1.29 is 9.18 Å². The number of amides is 1. The molecule has 0 radical (unpaired) electrons. The van der Waals surface area contributed by atoms with Crippen molar-refractivity contribution in [2.24, 2.45) is 4.99 Å². The van der Waals surface area contributed by atoms with E-state index in [1.54, 1.807) is 25.1 Å². The molecule has 2 fully saturated rings. The molecular weight excluding hydrogens is 508 g/mol. The number of carbonyl (C=O) groups is 1. The van der Waals surface area contributed by atoms with Crippen LogP contribution in [-0.2, 0) is 4.79 Å². The number of rotatable bonds is 5. The summed E-state index contributed by atoms with van der Waals surface area (Å²) < 4.78 is 13.8. The van der Waals surface area contributed by atoms with E-state index < -0.39 is 5.82 Å². The SMILES string of the molecule is CN(C)C(=O)CN=C(NC1CCCC1)NC1CCN(c2ccc(Cl)c(F)c2)C1.I. The summed E-state index contributed by atoms with van der Waals surface area (Å²) in [5.74, 6) is 0.261. The number of hydrogen-bond donors (Lipinski definition) is 2. The second-order valence-electron chi connectivity index (χ2n) is 7.75. The molecule has 0 spiro atoms. The van der Waals surface area contributed by atoms with Gasteiger partial charge in [0.1, 0.15) is 12.4 Å². The molecule has 2 aliphatic rings. The van der Waals surface area contributed by atoms with Crippen LogP contribution in [0.15, 0.2) is 23.2 Å². The summed E-state index contributed by atoms with van der Waals surface area (Å²) in [5.41, 5.74) is 0.830. The smallest absolute Gasteiger partial charge is 0.243 e. The first-order chi connectivity index (χ1) is 13.4. The van der Waals surface area contributed by atoms with Crippen LogP contribution in [0, 0.1) is 5.82 Å². The fourth-order valence-electron chi connectivity index (χ4n) is 3.67. The number of nitrogens with one attached hydrogen (secondary N) is 2. The molecule has 0 aromatic heterocycles. The van der Waals surface area contributed by atoms with Crippen LogP contribution in [0.25, 0.3) is 0 Å². The van der Waals surface area contributed by atoms with Crippen LogP contribution in [0.5, 0.6) is 0 Å². The summed E-state index contributed by atoms with van der Waals surface area (Å²) in [5, 5.41) is 7.09. The number of benzene rings is 1. The van der Waals surface area contributed by atoms with Crippen LogP contribution in [0.1, 0.15) is 32.1 Å². The van der Waals surface area contributed by atoms with Crippen molar-refractivity contribution in [2.45, 2.75) is 44.2 Å². The van der Waals surface area contributed by atoms with Crippen molar-refractivity contribution >= 4 is 53.1 Å². The number of hydrogen-bond acceptors (Lipinski definition) is 3. The molecule has 1 saturated carbocycles. The number of guanidine groups is 1. The third kappa shape index (κ3) is 6.87. The highest BCUT2D eigenvalue weighted by atomic mass is 127. The quantitative estimate of drug-likeness (QED) is 0.344. The van der Waals surface area contributed by atoms with E-state index in [0.29, 0.717) is 12.0 Å². The van der Waals surface area contributed by atoms with Gasteiger partial charge in [-0.05, 0) is 37.5 Å². The zero-order valence-electron chi connectivity index (χ0n) is 17.0. The topological polar surface area (TPSA) is 60.0 Å². The molecule has 2 N–H and O–H groups in total. The molecule has 0 bridgehead atoms. The van der Waals surface area contributed by atoms with Gasteiger partial charge in [-0.15, -0.1) is 24.0 Å². The molecule has 9 heteroatoms. The van der Waals surface area contributed by atoms with Crippen molar-refractivity contribution in [3.8, 4) is 0 Å². The minimum Gasteiger partial charge on any atom is -0.369 e. The van der Waals surface area contributed by atoms with Crippen LogP contribution in [-0.4, -0.2) is 62.6 Å². The average molecular weight is 538 g/mol. The van der Waals surface area contributed by atoms with Crippen LogP contribution < -0.4 is 15.5 Å². The van der Waals surface area contributed by atoms with E-state index in [9.17, 15) is 9.18 Å². The van der Waals surface area contributed by atoms with Crippen LogP contribution in [0.3, 0.4) is 0 Å². The Hall–Kier alpha value is -1.29. The predicted octanol–water partition coefficient (Wildman–Crippen LogP) is 3.24. The lowest BCUT2D eigenvalue weighted by Gasteiger charge is -2.22. The van der Waals surface area contributed by atoms with Crippen molar-refractivity contribution in [2.75, 3.05) is 38.6 Å².